The van der Waals surface area contributed by atoms with Gasteiger partial charge in [-0.1, -0.05) is 0 Å². The summed E-state index contributed by atoms with van der Waals surface area (Å²) in [5.74, 6) is 0. The fraction of sp³-hybridized carbons (Fsp3) is 0.417. The summed E-state index contributed by atoms with van der Waals surface area (Å²) in [6, 6.07) is 6.90. The molecule has 1 aromatic heterocycles. The first kappa shape index (κ1) is 11.7. The minimum absolute atomic E-state index is 0.477. The first-order valence-corrected chi connectivity index (χ1v) is 7.22. The SMILES string of the molecule is S=c1[nH]c2cc(I)ccc2n1C1CCOCC1. The lowest BCUT2D eigenvalue weighted by molar-refractivity contribution is 0.0702. The monoisotopic (exact) mass is 360 g/mol. The summed E-state index contributed by atoms with van der Waals surface area (Å²) in [7, 11) is 0. The lowest BCUT2D eigenvalue weighted by Gasteiger charge is -2.24. The van der Waals surface area contributed by atoms with Gasteiger partial charge in [0.25, 0.3) is 0 Å². The number of hydrogen-bond donors (Lipinski definition) is 1. The van der Waals surface area contributed by atoms with Crippen molar-refractivity contribution in [3.63, 3.8) is 0 Å². The summed E-state index contributed by atoms with van der Waals surface area (Å²) in [5.41, 5.74) is 2.34. The number of imidazole rings is 1. The molecular weight excluding hydrogens is 347 g/mol. The Hall–Kier alpha value is -0.400. The molecule has 1 saturated heterocycles. The number of fused-ring (bicyclic) bond motifs is 1. The maximum atomic E-state index is 5.44. The predicted octanol–water partition coefficient (Wildman–Crippen LogP) is 3.65. The molecule has 1 aromatic carbocycles. The number of benzene rings is 1. The number of nitrogens with one attached hydrogen (secondary N) is 1. The van der Waals surface area contributed by atoms with E-state index < -0.39 is 0 Å². The van der Waals surface area contributed by atoms with Crippen LogP contribution in [0.15, 0.2) is 18.2 Å². The van der Waals surface area contributed by atoms with Crippen molar-refractivity contribution in [2.24, 2.45) is 0 Å². The Morgan fingerprint density at radius 1 is 1.35 bits per heavy atom. The van der Waals surface area contributed by atoms with Crippen LogP contribution in [-0.4, -0.2) is 22.8 Å². The first-order valence-electron chi connectivity index (χ1n) is 5.73. The highest BCUT2D eigenvalue weighted by molar-refractivity contribution is 14.1. The lowest BCUT2D eigenvalue weighted by atomic mass is 10.1. The van der Waals surface area contributed by atoms with Gasteiger partial charge in [0.05, 0.1) is 11.0 Å². The van der Waals surface area contributed by atoms with Crippen molar-refractivity contribution in [1.82, 2.24) is 9.55 Å². The second-order valence-electron chi connectivity index (χ2n) is 4.31. The Morgan fingerprint density at radius 2 is 2.12 bits per heavy atom. The molecule has 0 unspecified atom stereocenters. The van der Waals surface area contributed by atoms with E-state index in [0.717, 1.165) is 36.3 Å². The Bertz CT molecular complexity index is 598. The zero-order chi connectivity index (χ0) is 11.8. The van der Waals surface area contributed by atoms with Gasteiger partial charge in [-0.2, -0.15) is 0 Å². The smallest absolute Gasteiger partial charge is 0.178 e. The van der Waals surface area contributed by atoms with Crippen LogP contribution >= 0.6 is 34.8 Å². The van der Waals surface area contributed by atoms with E-state index in [4.69, 9.17) is 17.0 Å². The summed E-state index contributed by atoms with van der Waals surface area (Å²) in [6.07, 6.45) is 2.10. The molecule has 5 heteroatoms. The molecule has 1 aliphatic rings. The van der Waals surface area contributed by atoms with Crippen molar-refractivity contribution in [2.75, 3.05) is 13.2 Å². The van der Waals surface area contributed by atoms with Crippen molar-refractivity contribution in [3.8, 4) is 0 Å². The Labute approximate surface area is 118 Å². The number of hydrogen-bond acceptors (Lipinski definition) is 2. The largest absolute Gasteiger partial charge is 0.381 e. The van der Waals surface area contributed by atoms with E-state index in [-0.39, 0.29) is 0 Å². The van der Waals surface area contributed by atoms with Crippen molar-refractivity contribution in [2.45, 2.75) is 18.9 Å². The van der Waals surface area contributed by atoms with E-state index >= 15 is 0 Å². The molecular formula is C12H13IN2OS. The van der Waals surface area contributed by atoms with Gasteiger partial charge in [-0.15, -0.1) is 0 Å². The minimum atomic E-state index is 0.477. The van der Waals surface area contributed by atoms with Crippen LogP contribution in [0.3, 0.4) is 0 Å². The maximum Gasteiger partial charge on any atom is 0.178 e. The summed E-state index contributed by atoms with van der Waals surface area (Å²) in [6.45, 7) is 1.67. The molecule has 1 N–H and O–H groups in total. The second kappa shape index (κ2) is 4.70. The third-order valence-corrected chi connectivity index (χ3v) is 4.20. The average Bonchev–Trinajstić information content (AvgIpc) is 2.65. The van der Waals surface area contributed by atoms with E-state index in [9.17, 15) is 0 Å². The van der Waals surface area contributed by atoms with E-state index in [1.165, 1.54) is 9.09 Å². The first-order chi connectivity index (χ1) is 8.25. The normalized spacial score (nSPS) is 17.7. The summed E-state index contributed by atoms with van der Waals surface area (Å²) >= 11 is 7.76. The molecule has 0 aliphatic carbocycles. The summed E-state index contributed by atoms with van der Waals surface area (Å²) in [4.78, 5) is 3.30. The van der Waals surface area contributed by atoms with Gasteiger partial charge < -0.3 is 14.3 Å². The molecule has 0 spiro atoms. The van der Waals surface area contributed by atoms with Gasteiger partial charge in [-0.25, -0.2) is 0 Å². The fourth-order valence-corrected chi connectivity index (χ4v) is 3.26. The Morgan fingerprint density at radius 3 is 2.88 bits per heavy atom. The maximum absolute atomic E-state index is 5.44. The molecule has 0 bridgehead atoms. The van der Waals surface area contributed by atoms with Crippen molar-refractivity contribution >= 4 is 45.8 Å². The van der Waals surface area contributed by atoms with Gasteiger partial charge in [-0.3, -0.25) is 0 Å². The molecule has 1 fully saturated rings. The summed E-state index contributed by atoms with van der Waals surface area (Å²) < 4.78 is 9.72. The third kappa shape index (κ3) is 2.15. The number of H-pyrrole nitrogens is 1. The second-order valence-corrected chi connectivity index (χ2v) is 5.94. The molecule has 3 nitrogen and oxygen atoms in total. The van der Waals surface area contributed by atoms with Crippen LogP contribution in [0, 0.1) is 8.34 Å². The summed E-state index contributed by atoms with van der Waals surface area (Å²) in [5, 5.41) is 0. The van der Waals surface area contributed by atoms with Gasteiger partial charge in [-0.05, 0) is 65.8 Å². The number of aromatic nitrogens is 2. The molecule has 0 amide bonds. The van der Waals surface area contributed by atoms with Crippen LogP contribution in [0.25, 0.3) is 11.0 Å². The zero-order valence-corrected chi connectivity index (χ0v) is 12.3. The molecule has 90 valence electrons. The standard InChI is InChI=1S/C12H13IN2OS/c13-8-1-2-11-10(7-8)14-12(17)15(11)9-3-5-16-6-4-9/h1-2,7,9H,3-6H2,(H,14,17). The third-order valence-electron chi connectivity index (χ3n) is 3.23. The lowest BCUT2D eigenvalue weighted by Crippen LogP contribution is -2.19. The van der Waals surface area contributed by atoms with Gasteiger partial charge in [0.15, 0.2) is 4.77 Å². The minimum Gasteiger partial charge on any atom is -0.381 e. The topological polar surface area (TPSA) is 29.9 Å². The van der Waals surface area contributed by atoms with Crippen LogP contribution in [0.2, 0.25) is 0 Å². The number of halogens is 1. The van der Waals surface area contributed by atoms with Gasteiger partial charge in [0.1, 0.15) is 0 Å². The predicted molar refractivity (Wildman–Crippen MR) is 78.9 cm³/mol. The van der Waals surface area contributed by atoms with Crippen LogP contribution < -0.4 is 0 Å². The van der Waals surface area contributed by atoms with Gasteiger partial charge in [0.2, 0.25) is 0 Å². The number of ether oxygens (including phenoxy) is 1. The quantitative estimate of drug-likeness (QED) is 0.622. The average molecular weight is 360 g/mol. The molecule has 1 aliphatic heterocycles. The fourth-order valence-electron chi connectivity index (χ4n) is 2.41. The van der Waals surface area contributed by atoms with Gasteiger partial charge in [0, 0.05) is 22.8 Å². The van der Waals surface area contributed by atoms with E-state index in [0.29, 0.717) is 6.04 Å². The molecule has 3 rings (SSSR count). The Balaban J connectivity index is 2.14. The van der Waals surface area contributed by atoms with Crippen LogP contribution in [-0.2, 0) is 4.74 Å². The van der Waals surface area contributed by atoms with E-state index in [1.807, 2.05) is 0 Å². The van der Waals surface area contributed by atoms with E-state index in [2.05, 4.69) is 50.3 Å². The molecule has 17 heavy (non-hydrogen) atoms. The molecule has 0 saturated carbocycles. The number of aromatic amines is 1. The van der Waals surface area contributed by atoms with Crippen LogP contribution in [0.1, 0.15) is 18.9 Å². The van der Waals surface area contributed by atoms with Crippen LogP contribution in [0.4, 0.5) is 0 Å². The molecule has 2 heterocycles. The van der Waals surface area contributed by atoms with Crippen molar-refractivity contribution in [3.05, 3.63) is 26.5 Å². The number of nitrogens with zero attached hydrogens (tertiary/aromatic N) is 1. The molecule has 2 aromatic rings. The highest BCUT2D eigenvalue weighted by Crippen LogP contribution is 2.27. The van der Waals surface area contributed by atoms with Crippen molar-refractivity contribution in [1.29, 1.82) is 0 Å². The highest BCUT2D eigenvalue weighted by atomic mass is 127. The van der Waals surface area contributed by atoms with Crippen LogP contribution in [0.5, 0.6) is 0 Å². The molecule has 0 atom stereocenters. The zero-order valence-electron chi connectivity index (χ0n) is 9.28. The molecule has 0 radical (unpaired) electrons. The highest BCUT2D eigenvalue weighted by Gasteiger charge is 2.18. The number of rotatable bonds is 1. The van der Waals surface area contributed by atoms with Crippen molar-refractivity contribution < 1.29 is 4.74 Å². The Kier molecular flexibility index (Phi) is 3.23. The van der Waals surface area contributed by atoms with E-state index in [1.54, 1.807) is 0 Å². The van der Waals surface area contributed by atoms with Gasteiger partial charge >= 0.3 is 0 Å².